The van der Waals surface area contributed by atoms with E-state index in [1.807, 2.05) is 6.08 Å². The van der Waals surface area contributed by atoms with Crippen molar-refractivity contribution in [2.75, 3.05) is 6.54 Å². The molecule has 0 radical (unpaired) electrons. The zero-order valence-electron chi connectivity index (χ0n) is 5.43. The summed E-state index contributed by atoms with van der Waals surface area (Å²) in [5.41, 5.74) is 7.73. The first kappa shape index (κ1) is 6.30. The highest BCUT2D eigenvalue weighted by molar-refractivity contribution is 5.35. The molecule has 1 aliphatic carbocycles. The summed E-state index contributed by atoms with van der Waals surface area (Å²) < 4.78 is 0. The Morgan fingerprint density at radius 3 is 2.89 bits per heavy atom. The van der Waals surface area contributed by atoms with E-state index in [0.717, 1.165) is 12.0 Å². The summed E-state index contributed by atoms with van der Waals surface area (Å²) in [6, 6.07) is 0. The van der Waals surface area contributed by atoms with Gasteiger partial charge in [0.25, 0.3) is 0 Å². The fourth-order valence-electron chi connectivity index (χ4n) is 0.858. The maximum atomic E-state index is 5.40. The van der Waals surface area contributed by atoms with E-state index in [1.165, 1.54) is 5.57 Å². The van der Waals surface area contributed by atoms with Gasteiger partial charge in [0.1, 0.15) is 0 Å². The van der Waals surface area contributed by atoms with Gasteiger partial charge in [-0.3, -0.25) is 0 Å². The molecule has 0 heterocycles. The van der Waals surface area contributed by atoms with Crippen LogP contribution in [0.5, 0.6) is 0 Å². The van der Waals surface area contributed by atoms with Crippen LogP contribution in [0.1, 0.15) is 6.42 Å². The molecule has 0 aliphatic heterocycles. The maximum absolute atomic E-state index is 5.40. The van der Waals surface area contributed by atoms with Crippen LogP contribution in [0.15, 0.2) is 36.0 Å². The molecule has 0 aromatic heterocycles. The number of allylic oxidation sites excluding steroid dienone is 3. The van der Waals surface area contributed by atoms with Crippen LogP contribution >= 0.6 is 0 Å². The lowest BCUT2D eigenvalue weighted by Crippen LogP contribution is -2.02. The molecule has 2 N–H and O–H groups in total. The lowest BCUT2D eigenvalue weighted by molar-refractivity contribution is 1.14. The Kier molecular flexibility index (Phi) is 1.85. The summed E-state index contributed by atoms with van der Waals surface area (Å²) in [4.78, 5) is 0. The van der Waals surface area contributed by atoms with Crippen molar-refractivity contribution in [3.05, 3.63) is 36.0 Å². The minimum absolute atomic E-state index is 0.621. The van der Waals surface area contributed by atoms with Gasteiger partial charge in [-0.25, -0.2) is 0 Å². The zero-order chi connectivity index (χ0) is 6.69. The van der Waals surface area contributed by atoms with E-state index in [-0.39, 0.29) is 0 Å². The first-order valence-electron chi connectivity index (χ1n) is 3.08. The minimum Gasteiger partial charge on any atom is -0.326 e. The number of hydrogen-bond acceptors (Lipinski definition) is 1. The molecule has 1 rings (SSSR count). The Balaban J connectivity index is 2.70. The normalized spacial score (nSPS) is 17.9. The predicted octanol–water partition coefficient (Wildman–Crippen LogP) is 1.39. The third-order valence-electron chi connectivity index (χ3n) is 1.34. The first-order valence-corrected chi connectivity index (χ1v) is 3.08. The molecule has 1 nitrogen and oxygen atoms in total. The molecule has 0 aromatic carbocycles. The third-order valence-corrected chi connectivity index (χ3v) is 1.34. The summed E-state index contributed by atoms with van der Waals surface area (Å²) in [5, 5.41) is 0. The van der Waals surface area contributed by atoms with Crippen molar-refractivity contribution in [3.8, 4) is 0 Å². The molecule has 0 amide bonds. The Bertz CT molecular complexity index is 175. The third kappa shape index (κ3) is 1.54. The Morgan fingerprint density at radius 2 is 2.44 bits per heavy atom. The van der Waals surface area contributed by atoms with E-state index >= 15 is 0 Å². The maximum Gasteiger partial charge on any atom is 0.0178 e. The van der Waals surface area contributed by atoms with Gasteiger partial charge in [0.05, 0.1) is 0 Å². The second-order valence-electron chi connectivity index (χ2n) is 2.19. The van der Waals surface area contributed by atoms with Crippen LogP contribution in [0, 0.1) is 0 Å². The zero-order valence-corrected chi connectivity index (χ0v) is 5.43. The second kappa shape index (κ2) is 2.65. The fraction of sp³-hybridized carbons (Fsp3) is 0.250. The molecule has 0 fully saturated rings. The van der Waals surface area contributed by atoms with Crippen molar-refractivity contribution in [3.63, 3.8) is 0 Å². The molecule has 9 heavy (non-hydrogen) atoms. The molecule has 48 valence electrons. The van der Waals surface area contributed by atoms with Crippen LogP contribution in [-0.4, -0.2) is 6.54 Å². The van der Waals surface area contributed by atoms with Crippen molar-refractivity contribution in [1.82, 2.24) is 0 Å². The molecule has 0 saturated heterocycles. The monoisotopic (exact) mass is 121 g/mol. The standard InChI is InChI=1S/C8H11N/c1-7-3-2-4-8(5-7)6-9/h2,4-5H,1,3,6,9H2. The molecular weight excluding hydrogens is 110 g/mol. The highest BCUT2D eigenvalue weighted by Gasteiger charge is 1.95. The van der Waals surface area contributed by atoms with Gasteiger partial charge in [0.2, 0.25) is 0 Å². The van der Waals surface area contributed by atoms with E-state index in [1.54, 1.807) is 0 Å². The van der Waals surface area contributed by atoms with E-state index in [4.69, 9.17) is 5.73 Å². The van der Waals surface area contributed by atoms with Gasteiger partial charge in [-0.15, -0.1) is 0 Å². The highest BCUT2D eigenvalue weighted by atomic mass is 14.5. The smallest absolute Gasteiger partial charge is 0.0178 e. The van der Waals surface area contributed by atoms with Crippen molar-refractivity contribution in [1.29, 1.82) is 0 Å². The van der Waals surface area contributed by atoms with Crippen molar-refractivity contribution < 1.29 is 0 Å². The lowest BCUT2D eigenvalue weighted by Gasteiger charge is -2.04. The lowest BCUT2D eigenvalue weighted by atomic mass is 10.0. The molecule has 0 saturated carbocycles. The van der Waals surface area contributed by atoms with E-state index in [0.29, 0.717) is 6.54 Å². The van der Waals surface area contributed by atoms with Crippen LogP contribution in [0.3, 0.4) is 0 Å². The van der Waals surface area contributed by atoms with Gasteiger partial charge in [-0.05, 0) is 12.0 Å². The van der Waals surface area contributed by atoms with Crippen LogP contribution in [0.4, 0.5) is 0 Å². The topological polar surface area (TPSA) is 26.0 Å². The van der Waals surface area contributed by atoms with Crippen molar-refractivity contribution in [2.24, 2.45) is 5.73 Å². The Morgan fingerprint density at radius 1 is 1.67 bits per heavy atom. The van der Waals surface area contributed by atoms with Gasteiger partial charge < -0.3 is 5.73 Å². The van der Waals surface area contributed by atoms with E-state index in [9.17, 15) is 0 Å². The van der Waals surface area contributed by atoms with Gasteiger partial charge in [0, 0.05) is 6.54 Å². The summed E-state index contributed by atoms with van der Waals surface area (Å²) >= 11 is 0. The van der Waals surface area contributed by atoms with Crippen LogP contribution < -0.4 is 5.73 Å². The number of rotatable bonds is 1. The molecule has 1 heteroatoms. The quantitative estimate of drug-likeness (QED) is 0.557. The van der Waals surface area contributed by atoms with Gasteiger partial charge >= 0.3 is 0 Å². The largest absolute Gasteiger partial charge is 0.326 e. The fourth-order valence-corrected chi connectivity index (χ4v) is 0.858. The van der Waals surface area contributed by atoms with Crippen LogP contribution in [0.25, 0.3) is 0 Å². The molecule has 0 atom stereocenters. The number of nitrogens with two attached hydrogens (primary N) is 1. The highest BCUT2D eigenvalue weighted by Crippen LogP contribution is 2.11. The Hall–Kier alpha value is -0.820. The van der Waals surface area contributed by atoms with Crippen LogP contribution in [-0.2, 0) is 0 Å². The van der Waals surface area contributed by atoms with E-state index in [2.05, 4.69) is 18.7 Å². The van der Waals surface area contributed by atoms with Gasteiger partial charge in [-0.2, -0.15) is 0 Å². The molecule has 0 unspecified atom stereocenters. The number of hydrogen-bond donors (Lipinski definition) is 1. The SMILES string of the molecule is C=C1C=C(CN)C=CC1. The van der Waals surface area contributed by atoms with Crippen LogP contribution in [0.2, 0.25) is 0 Å². The average Bonchev–Trinajstić information content (AvgIpc) is 1.88. The molecule has 0 spiro atoms. The first-order chi connectivity index (χ1) is 4.33. The molecular formula is C8H11N. The molecule has 0 bridgehead atoms. The predicted molar refractivity (Wildman–Crippen MR) is 40.0 cm³/mol. The molecule has 1 aliphatic rings. The van der Waals surface area contributed by atoms with Gasteiger partial charge in [0.15, 0.2) is 0 Å². The summed E-state index contributed by atoms with van der Waals surface area (Å²) in [5.74, 6) is 0. The van der Waals surface area contributed by atoms with E-state index < -0.39 is 0 Å². The van der Waals surface area contributed by atoms with Crippen molar-refractivity contribution in [2.45, 2.75) is 6.42 Å². The van der Waals surface area contributed by atoms with Gasteiger partial charge in [-0.1, -0.05) is 30.4 Å². The summed E-state index contributed by atoms with van der Waals surface area (Å²) in [6.07, 6.45) is 7.16. The summed E-state index contributed by atoms with van der Waals surface area (Å²) in [6.45, 7) is 4.45. The average molecular weight is 121 g/mol. The Labute approximate surface area is 55.6 Å². The minimum atomic E-state index is 0.621. The summed E-state index contributed by atoms with van der Waals surface area (Å²) in [7, 11) is 0. The van der Waals surface area contributed by atoms with Crippen molar-refractivity contribution >= 4 is 0 Å². The second-order valence-corrected chi connectivity index (χ2v) is 2.19. The molecule has 0 aromatic rings.